The Morgan fingerprint density at radius 3 is 2.84 bits per heavy atom. The lowest BCUT2D eigenvalue weighted by Crippen LogP contribution is -2.58. The molecule has 1 aromatic carbocycles. The van der Waals surface area contributed by atoms with Crippen LogP contribution < -0.4 is 5.32 Å². The standard InChI is InChI=1S/C19H27N3O3/c1-2-25-18(15-7-4-3-5-8-15)19(24)21-11-6-9-16(14-21)22-12-10-20-13-17(22)23/h3-5,7-8,16,18,20H,2,6,9-14H2,1H3. The number of piperazine rings is 1. The van der Waals surface area contributed by atoms with Crippen LogP contribution in [0.25, 0.3) is 0 Å². The van der Waals surface area contributed by atoms with Gasteiger partial charge in [-0.2, -0.15) is 0 Å². The summed E-state index contributed by atoms with van der Waals surface area (Å²) in [5.41, 5.74) is 0.884. The van der Waals surface area contributed by atoms with Gasteiger partial charge in [0, 0.05) is 38.8 Å². The predicted molar refractivity (Wildman–Crippen MR) is 95.0 cm³/mol. The molecule has 1 aromatic rings. The molecule has 136 valence electrons. The van der Waals surface area contributed by atoms with Gasteiger partial charge in [-0.1, -0.05) is 30.3 Å². The van der Waals surface area contributed by atoms with Crippen molar-refractivity contribution in [3.05, 3.63) is 35.9 Å². The number of ether oxygens (including phenoxy) is 1. The molecule has 2 aliphatic rings. The molecule has 0 aromatic heterocycles. The summed E-state index contributed by atoms with van der Waals surface area (Å²) in [6.07, 6.45) is 1.31. The third kappa shape index (κ3) is 4.19. The zero-order valence-corrected chi connectivity index (χ0v) is 14.8. The Balaban J connectivity index is 1.70. The molecule has 0 radical (unpaired) electrons. The molecule has 2 fully saturated rings. The van der Waals surface area contributed by atoms with E-state index in [9.17, 15) is 9.59 Å². The van der Waals surface area contributed by atoms with E-state index in [2.05, 4.69) is 5.32 Å². The minimum Gasteiger partial charge on any atom is -0.364 e. The first kappa shape index (κ1) is 17.9. The molecule has 25 heavy (non-hydrogen) atoms. The lowest BCUT2D eigenvalue weighted by molar-refractivity contribution is -0.148. The highest BCUT2D eigenvalue weighted by Crippen LogP contribution is 2.24. The zero-order chi connectivity index (χ0) is 17.6. The molecule has 2 amide bonds. The summed E-state index contributed by atoms with van der Waals surface area (Å²) < 4.78 is 5.76. The largest absolute Gasteiger partial charge is 0.364 e. The second-order valence-electron chi connectivity index (χ2n) is 6.59. The summed E-state index contributed by atoms with van der Waals surface area (Å²) in [6.45, 7) is 5.66. The lowest BCUT2D eigenvalue weighted by Gasteiger charge is -2.41. The first-order chi connectivity index (χ1) is 12.2. The van der Waals surface area contributed by atoms with E-state index in [1.165, 1.54) is 0 Å². The molecule has 0 spiro atoms. The topological polar surface area (TPSA) is 61.9 Å². The fourth-order valence-electron chi connectivity index (χ4n) is 3.69. The van der Waals surface area contributed by atoms with Crippen LogP contribution in [0.2, 0.25) is 0 Å². The molecule has 0 bridgehead atoms. The summed E-state index contributed by atoms with van der Waals surface area (Å²) in [5.74, 6) is 0.135. The second-order valence-corrected chi connectivity index (χ2v) is 6.59. The van der Waals surface area contributed by atoms with Crippen molar-refractivity contribution in [2.45, 2.75) is 31.9 Å². The average Bonchev–Trinajstić information content (AvgIpc) is 2.67. The number of amides is 2. The zero-order valence-electron chi connectivity index (χ0n) is 14.8. The van der Waals surface area contributed by atoms with E-state index >= 15 is 0 Å². The van der Waals surface area contributed by atoms with Crippen LogP contribution in [0.4, 0.5) is 0 Å². The van der Waals surface area contributed by atoms with Crippen LogP contribution in [0.15, 0.2) is 30.3 Å². The maximum atomic E-state index is 13.1. The van der Waals surface area contributed by atoms with E-state index in [1.54, 1.807) is 0 Å². The van der Waals surface area contributed by atoms with E-state index in [0.717, 1.165) is 38.0 Å². The van der Waals surface area contributed by atoms with Gasteiger partial charge in [0.1, 0.15) is 0 Å². The number of nitrogens with zero attached hydrogens (tertiary/aromatic N) is 2. The van der Waals surface area contributed by atoms with Crippen LogP contribution in [0.3, 0.4) is 0 Å². The van der Waals surface area contributed by atoms with Gasteiger partial charge in [-0.05, 0) is 25.3 Å². The summed E-state index contributed by atoms with van der Waals surface area (Å²) in [6, 6.07) is 9.76. The fraction of sp³-hybridized carbons (Fsp3) is 0.579. The molecule has 2 aliphatic heterocycles. The molecular formula is C19H27N3O3. The van der Waals surface area contributed by atoms with Gasteiger partial charge in [-0.3, -0.25) is 9.59 Å². The Bertz CT molecular complexity index is 593. The smallest absolute Gasteiger partial charge is 0.256 e. The van der Waals surface area contributed by atoms with Gasteiger partial charge >= 0.3 is 0 Å². The normalized spacial score (nSPS) is 22.8. The summed E-state index contributed by atoms with van der Waals surface area (Å²) >= 11 is 0. The van der Waals surface area contributed by atoms with E-state index in [4.69, 9.17) is 4.74 Å². The molecule has 2 saturated heterocycles. The number of nitrogens with one attached hydrogen (secondary N) is 1. The molecule has 2 atom stereocenters. The minimum atomic E-state index is -0.566. The van der Waals surface area contributed by atoms with Crippen LogP contribution in [0.5, 0.6) is 0 Å². The van der Waals surface area contributed by atoms with Crippen molar-refractivity contribution in [2.75, 3.05) is 39.3 Å². The van der Waals surface area contributed by atoms with Gasteiger partial charge in [0.25, 0.3) is 5.91 Å². The van der Waals surface area contributed by atoms with Crippen LogP contribution in [-0.4, -0.2) is 67.0 Å². The first-order valence-corrected chi connectivity index (χ1v) is 9.16. The molecule has 6 heteroatoms. The first-order valence-electron chi connectivity index (χ1n) is 9.16. The van der Waals surface area contributed by atoms with E-state index in [-0.39, 0.29) is 17.9 Å². The van der Waals surface area contributed by atoms with Crippen molar-refractivity contribution in [1.82, 2.24) is 15.1 Å². The maximum absolute atomic E-state index is 13.1. The van der Waals surface area contributed by atoms with Gasteiger partial charge in [0.2, 0.25) is 5.91 Å². The molecule has 2 unspecified atom stereocenters. The molecule has 3 rings (SSSR count). The third-order valence-corrected chi connectivity index (χ3v) is 4.93. The SMILES string of the molecule is CCOC(C(=O)N1CCCC(N2CCNCC2=O)C1)c1ccccc1. The van der Waals surface area contributed by atoms with Crippen molar-refractivity contribution >= 4 is 11.8 Å². The van der Waals surface area contributed by atoms with Crippen molar-refractivity contribution < 1.29 is 14.3 Å². The van der Waals surface area contributed by atoms with Gasteiger partial charge in [-0.25, -0.2) is 0 Å². The van der Waals surface area contributed by atoms with E-state index in [0.29, 0.717) is 19.7 Å². The number of benzene rings is 1. The molecule has 2 heterocycles. The monoisotopic (exact) mass is 345 g/mol. The average molecular weight is 345 g/mol. The van der Waals surface area contributed by atoms with Crippen molar-refractivity contribution in [1.29, 1.82) is 0 Å². The molecule has 6 nitrogen and oxygen atoms in total. The summed E-state index contributed by atoms with van der Waals surface area (Å²) in [4.78, 5) is 29.1. The number of rotatable bonds is 5. The van der Waals surface area contributed by atoms with Crippen LogP contribution >= 0.6 is 0 Å². The minimum absolute atomic E-state index is 0.000309. The van der Waals surface area contributed by atoms with Crippen molar-refractivity contribution in [3.8, 4) is 0 Å². The van der Waals surface area contributed by atoms with Crippen molar-refractivity contribution in [3.63, 3.8) is 0 Å². The van der Waals surface area contributed by atoms with Crippen LogP contribution in [0, 0.1) is 0 Å². The van der Waals surface area contributed by atoms with Crippen LogP contribution in [0.1, 0.15) is 31.4 Å². The Labute approximate surface area is 149 Å². The quantitative estimate of drug-likeness (QED) is 0.871. The van der Waals surface area contributed by atoms with Crippen molar-refractivity contribution in [2.24, 2.45) is 0 Å². The lowest BCUT2D eigenvalue weighted by atomic mass is 10.0. The number of piperidine rings is 1. The molecule has 0 aliphatic carbocycles. The summed E-state index contributed by atoms with van der Waals surface area (Å²) in [5, 5.41) is 3.10. The van der Waals surface area contributed by atoms with Gasteiger partial charge in [0.05, 0.1) is 6.54 Å². The Morgan fingerprint density at radius 2 is 2.12 bits per heavy atom. The van der Waals surface area contributed by atoms with Gasteiger partial charge < -0.3 is 19.9 Å². The maximum Gasteiger partial charge on any atom is 0.256 e. The highest BCUT2D eigenvalue weighted by molar-refractivity contribution is 5.83. The number of carbonyl (C=O) groups is 2. The molecular weight excluding hydrogens is 318 g/mol. The fourth-order valence-corrected chi connectivity index (χ4v) is 3.69. The number of hydrogen-bond acceptors (Lipinski definition) is 4. The number of hydrogen-bond donors (Lipinski definition) is 1. The Hall–Kier alpha value is -1.92. The van der Waals surface area contributed by atoms with E-state index in [1.807, 2.05) is 47.1 Å². The molecule has 1 N–H and O–H groups in total. The van der Waals surface area contributed by atoms with Crippen LogP contribution in [-0.2, 0) is 14.3 Å². The highest BCUT2D eigenvalue weighted by atomic mass is 16.5. The Morgan fingerprint density at radius 1 is 1.32 bits per heavy atom. The summed E-state index contributed by atoms with van der Waals surface area (Å²) in [7, 11) is 0. The number of carbonyl (C=O) groups excluding carboxylic acids is 2. The van der Waals surface area contributed by atoms with Gasteiger partial charge in [-0.15, -0.1) is 0 Å². The number of likely N-dealkylation sites (tertiary alicyclic amines) is 1. The third-order valence-electron chi connectivity index (χ3n) is 4.93. The second kappa shape index (κ2) is 8.45. The predicted octanol–water partition coefficient (Wildman–Crippen LogP) is 1.19. The molecule has 0 saturated carbocycles. The Kier molecular flexibility index (Phi) is 6.04. The van der Waals surface area contributed by atoms with Gasteiger partial charge in [0.15, 0.2) is 6.10 Å². The highest BCUT2D eigenvalue weighted by Gasteiger charge is 2.34. The van der Waals surface area contributed by atoms with E-state index < -0.39 is 6.10 Å².